The zero-order chi connectivity index (χ0) is 40.0. The second-order valence-electron chi connectivity index (χ2n) is 15.8. The van der Waals surface area contributed by atoms with Gasteiger partial charge in [-0.3, -0.25) is 19.0 Å². The van der Waals surface area contributed by atoms with Crippen molar-refractivity contribution in [1.29, 1.82) is 0 Å². The van der Waals surface area contributed by atoms with E-state index < -0.39 is 41.8 Å². The molecule has 3 heterocycles. The summed E-state index contributed by atoms with van der Waals surface area (Å²) in [6, 6.07) is 12.0. The Morgan fingerprint density at radius 1 is 1.02 bits per heavy atom. The lowest BCUT2D eigenvalue weighted by Crippen LogP contribution is -2.35. The van der Waals surface area contributed by atoms with Crippen molar-refractivity contribution in [3.63, 3.8) is 0 Å². The number of carbonyl (C=O) groups excluding carboxylic acids is 3. The number of aliphatic hydroxyl groups excluding tert-OH is 2. The van der Waals surface area contributed by atoms with Gasteiger partial charge in [0.15, 0.2) is 17.7 Å². The van der Waals surface area contributed by atoms with E-state index in [9.17, 15) is 24.6 Å². The molecule has 1 unspecified atom stereocenters. The van der Waals surface area contributed by atoms with Gasteiger partial charge in [0.2, 0.25) is 5.91 Å². The number of hydrogen-bond donors (Lipinski definition) is 4. The van der Waals surface area contributed by atoms with Gasteiger partial charge in [0.1, 0.15) is 35.6 Å². The van der Waals surface area contributed by atoms with Gasteiger partial charge in [-0.2, -0.15) is 0 Å². The van der Waals surface area contributed by atoms with Crippen LogP contribution in [0.15, 0.2) is 49.1 Å². The number of rotatable bonds is 17. The molecule has 55 heavy (non-hydrogen) atoms. The third-order valence-electron chi connectivity index (χ3n) is 10.8. The number of ketones is 1. The van der Waals surface area contributed by atoms with Crippen molar-refractivity contribution in [2.24, 2.45) is 11.8 Å². The van der Waals surface area contributed by atoms with E-state index in [0.29, 0.717) is 49.1 Å². The monoisotopic (exact) mass is 756 g/mol. The summed E-state index contributed by atoms with van der Waals surface area (Å²) in [5.41, 5.74) is 11.0. The van der Waals surface area contributed by atoms with Crippen LogP contribution in [0.25, 0.3) is 11.2 Å². The van der Waals surface area contributed by atoms with E-state index >= 15 is 0 Å². The number of nitrogen functional groups attached to an aromatic ring is 1. The first-order valence-electron chi connectivity index (χ1n) is 19.2. The van der Waals surface area contributed by atoms with Crippen molar-refractivity contribution >= 4 is 34.6 Å². The number of benzene rings is 2. The Morgan fingerprint density at radius 3 is 2.44 bits per heavy atom. The normalized spacial score (nSPS) is 19.7. The molecule has 1 aliphatic rings. The van der Waals surface area contributed by atoms with Crippen LogP contribution in [0.5, 0.6) is 5.75 Å². The first-order chi connectivity index (χ1) is 26.1. The van der Waals surface area contributed by atoms with Crippen molar-refractivity contribution in [3.8, 4) is 5.75 Å². The summed E-state index contributed by atoms with van der Waals surface area (Å²) in [6.45, 7) is 13.7. The van der Waals surface area contributed by atoms with Crippen LogP contribution in [0.4, 0.5) is 5.82 Å². The highest BCUT2D eigenvalue weighted by molar-refractivity contribution is 5.87. The van der Waals surface area contributed by atoms with Crippen molar-refractivity contribution in [1.82, 2.24) is 24.8 Å². The number of hydrogen-bond acceptors (Lipinski definition) is 11. The van der Waals surface area contributed by atoms with Crippen molar-refractivity contribution < 1.29 is 34.1 Å². The van der Waals surface area contributed by atoms with E-state index in [1.807, 2.05) is 77.9 Å². The Balaban J connectivity index is 1.28. The molecule has 2 aromatic carbocycles. The fourth-order valence-electron chi connectivity index (χ4n) is 7.98. The molecule has 1 aliphatic heterocycles. The summed E-state index contributed by atoms with van der Waals surface area (Å²) < 4.78 is 13.4. The average Bonchev–Trinajstić information content (AvgIpc) is 3.66. The molecular formula is C42H56N6O7. The van der Waals surface area contributed by atoms with E-state index in [-0.39, 0.29) is 36.3 Å². The number of nitrogens with zero attached hydrogens (tertiary/aromatic N) is 4. The van der Waals surface area contributed by atoms with Gasteiger partial charge in [0.05, 0.1) is 12.4 Å². The Hall–Kier alpha value is -4.72. The molecule has 0 radical (unpaired) electrons. The number of esters is 1. The van der Waals surface area contributed by atoms with Gasteiger partial charge < -0.3 is 30.7 Å². The number of aryl methyl sites for hydroxylation is 3. The van der Waals surface area contributed by atoms with Gasteiger partial charge in [0.25, 0.3) is 0 Å². The third kappa shape index (κ3) is 10.1. The minimum Gasteiger partial charge on any atom is -0.426 e. The molecule has 0 saturated carbocycles. The smallest absolute Gasteiger partial charge is 0.308 e. The van der Waals surface area contributed by atoms with Gasteiger partial charge in [-0.25, -0.2) is 15.0 Å². The van der Waals surface area contributed by atoms with Crippen molar-refractivity contribution in [2.45, 2.75) is 123 Å². The standard InChI is InChI=1S/C42H56N6O7/c1-8-28(19-33-36(51)37(52)41(55-33)48-23-47-35-38(43)45-22-46-39(35)48)13-14-30(40(53)44-16-15-29-11-9-24(2)10-12-29)20-31(50)21-42(6,7)34-26(4)17-25(3)18-32(34)54-27(5)49/h9-12,17-18,22-23,28,30,33,36-37,41,51-52H,8,13-16,19-21H2,1-7H3,(H,44,53)(H2,43,45,46)/t28-,30+,33+,36?,37-,41+/m0/s1. The zero-order valence-corrected chi connectivity index (χ0v) is 33.0. The van der Waals surface area contributed by atoms with Gasteiger partial charge in [-0.1, -0.05) is 63.1 Å². The maximum absolute atomic E-state index is 13.9. The van der Waals surface area contributed by atoms with E-state index in [2.05, 4.69) is 20.3 Å². The SMILES string of the molecule is CC[C@@H](CC[C@H](CC(=O)CC(C)(C)c1c(C)cc(C)cc1OC(C)=O)C(=O)NCCc1ccc(C)cc1)C[C@H]1O[C@@H](n2cnc3c(N)ncnc32)[C@@H](O)C1O. The summed E-state index contributed by atoms with van der Waals surface area (Å²) in [5.74, 6) is -0.592. The maximum atomic E-state index is 13.9. The molecule has 5 N–H and O–H groups in total. The fraction of sp³-hybridized carbons (Fsp3) is 0.524. The fourth-order valence-corrected chi connectivity index (χ4v) is 7.98. The topological polar surface area (TPSA) is 192 Å². The van der Waals surface area contributed by atoms with E-state index in [1.54, 1.807) is 4.57 Å². The van der Waals surface area contributed by atoms with Crippen LogP contribution >= 0.6 is 0 Å². The first-order valence-corrected chi connectivity index (χ1v) is 19.2. The molecule has 0 aliphatic carbocycles. The Bertz CT molecular complexity index is 1980. The molecule has 296 valence electrons. The van der Waals surface area contributed by atoms with Crippen LogP contribution in [0.3, 0.4) is 0 Å². The quantitative estimate of drug-likeness (QED) is 0.0799. The minimum atomic E-state index is -1.23. The molecule has 1 amide bonds. The van der Waals surface area contributed by atoms with Gasteiger partial charge >= 0.3 is 5.97 Å². The Labute approximate surface area is 323 Å². The van der Waals surface area contributed by atoms with Crippen LogP contribution in [-0.4, -0.2) is 72.2 Å². The van der Waals surface area contributed by atoms with Gasteiger partial charge in [-0.15, -0.1) is 0 Å². The predicted molar refractivity (Wildman–Crippen MR) is 209 cm³/mol. The summed E-state index contributed by atoms with van der Waals surface area (Å²) in [7, 11) is 0. The second-order valence-corrected chi connectivity index (χ2v) is 15.8. The molecule has 0 spiro atoms. The third-order valence-corrected chi connectivity index (χ3v) is 10.8. The molecule has 5 rings (SSSR count). The molecule has 13 heteroatoms. The van der Waals surface area contributed by atoms with Crippen LogP contribution < -0.4 is 15.8 Å². The van der Waals surface area contributed by atoms with E-state index in [4.69, 9.17) is 15.2 Å². The van der Waals surface area contributed by atoms with Crippen LogP contribution in [0, 0.1) is 32.6 Å². The predicted octanol–water partition coefficient (Wildman–Crippen LogP) is 5.38. The summed E-state index contributed by atoms with van der Waals surface area (Å²) in [4.78, 5) is 52.2. The molecule has 4 aromatic rings. The lowest BCUT2D eigenvalue weighted by Gasteiger charge is -2.29. The van der Waals surface area contributed by atoms with Crippen molar-refractivity contribution in [3.05, 3.63) is 76.9 Å². The first kappa shape index (κ1) is 41.4. The van der Waals surface area contributed by atoms with Gasteiger partial charge in [0, 0.05) is 43.2 Å². The highest BCUT2D eigenvalue weighted by Crippen LogP contribution is 2.40. The molecule has 13 nitrogen and oxygen atoms in total. The van der Waals surface area contributed by atoms with Crippen LogP contribution in [-0.2, 0) is 31.0 Å². The lowest BCUT2D eigenvalue weighted by molar-refractivity contribution is -0.132. The number of nitrogens with two attached hydrogens (primary N) is 1. The highest BCUT2D eigenvalue weighted by atomic mass is 16.6. The second kappa shape index (κ2) is 17.8. The number of amides is 1. The summed E-state index contributed by atoms with van der Waals surface area (Å²) >= 11 is 0. The maximum Gasteiger partial charge on any atom is 0.308 e. The number of aromatic nitrogens is 4. The number of anilines is 1. The zero-order valence-electron chi connectivity index (χ0n) is 33.0. The summed E-state index contributed by atoms with van der Waals surface area (Å²) in [6.07, 6.45) is 1.83. The van der Waals surface area contributed by atoms with Gasteiger partial charge in [-0.05, 0) is 75.1 Å². The van der Waals surface area contributed by atoms with E-state index in [0.717, 1.165) is 34.2 Å². The molecule has 1 fully saturated rings. The summed E-state index contributed by atoms with van der Waals surface area (Å²) in [5, 5.41) is 25.2. The average molecular weight is 757 g/mol. The minimum absolute atomic E-state index is 0.0269. The highest BCUT2D eigenvalue weighted by Gasteiger charge is 2.45. The molecule has 2 aromatic heterocycles. The number of ether oxygens (including phenoxy) is 2. The van der Waals surface area contributed by atoms with E-state index in [1.165, 1.54) is 19.6 Å². The van der Waals surface area contributed by atoms with Crippen LogP contribution in [0.2, 0.25) is 0 Å². The Morgan fingerprint density at radius 2 is 1.75 bits per heavy atom. The molecule has 0 bridgehead atoms. The molecular weight excluding hydrogens is 700 g/mol. The number of carbonyl (C=O) groups is 3. The number of nitrogens with one attached hydrogen (secondary N) is 1. The Kier molecular flexibility index (Phi) is 13.4. The number of fused-ring (bicyclic) bond motifs is 1. The lowest BCUT2D eigenvalue weighted by atomic mass is 9.75. The number of Topliss-reactive ketones (excluding diaryl/α,β-unsaturated/α-hetero) is 1. The van der Waals surface area contributed by atoms with Crippen LogP contribution in [0.1, 0.15) is 100 Å². The number of imidazole rings is 1. The van der Waals surface area contributed by atoms with Crippen molar-refractivity contribution in [2.75, 3.05) is 12.3 Å². The number of aliphatic hydroxyl groups is 2. The molecule has 6 atom stereocenters. The largest absolute Gasteiger partial charge is 0.426 e. The molecule has 1 saturated heterocycles.